The van der Waals surface area contributed by atoms with Crippen molar-refractivity contribution in [1.29, 1.82) is 0 Å². The topological polar surface area (TPSA) is 103 Å². The molecule has 10 heteroatoms. The Balaban J connectivity index is 1.25. The highest BCUT2D eigenvalue weighted by Gasteiger charge is 2.35. The van der Waals surface area contributed by atoms with Crippen LogP contribution in [0.25, 0.3) is 33.6 Å². The fourth-order valence-corrected chi connectivity index (χ4v) is 5.65. The molecule has 1 saturated carbocycles. The second kappa shape index (κ2) is 10.9. The number of amides is 1. The van der Waals surface area contributed by atoms with Gasteiger partial charge >= 0.3 is 6.09 Å². The van der Waals surface area contributed by atoms with Gasteiger partial charge in [-0.1, -0.05) is 12.2 Å². The lowest BCUT2D eigenvalue weighted by molar-refractivity contribution is 0.154. The van der Waals surface area contributed by atoms with Gasteiger partial charge in [-0.05, 0) is 69.3 Å². The molecule has 0 spiro atoms. The molecule has 1 amide bonds. The van der Waals surface area contributed by atoms with Gasteiger partial charge in [-0.25, -0.2) is 14.8 Å². The molecule has 10 nitrogen and oxygen atoms in total. The van der Waals surface area contributed by atoms with E-state index >= 15 is 0 Å². The summed E-state index contributed by atoms with van der Waals surface area (Å²) in [5.41, 5.74) is 5.00. The van der Waals surface area contributed by atoms with Crippen LogP contribution in [0.4, 0.5) is 10.5 Å². The van der Waals surface area contributed by atoms with Gasteiger partial charge < -0.3 is 34.7 Å². The summed E-state index contributed by atoms with van der Waals surface area (Å²) in [6.07, 6.45) is 7.73. The average molecular weight is 543 g/mol. The van der Waals surface area contributed by atoms with E-state index in [0.717, 1.165) is 52.4 Å². The standard InChI is InChI=1S/C30H38N8O2/c1-35(2)14-5-4-12-31-24-18-37(30(39)40)19-25(24)33-22-10-11-26-23(16-22)34-29(36(26)3)27-15-21-7-6-13-32-28(21)38(27)17-20-8-9-20/h4-7,10-11,13,15-16,20,24-25,31,33H,8-9,12,14,17-19H2,1-3H3,(H,39,40)/b5-4+/t24-,25-/m0/s1. The van der Waals surface area contributed by atoms with Gasteiger partial charge in [0.05, 0.1) is 22.8 Å². The van der Waals surface area contributed by atoms with E-state index in [2.05, 4.69) is 79.2 Å². The molecule has 6 rings (SSSR count). The van der Waals surface area contributed by atoms with Gasteiger partial charge in [-0.15, -0.1) is 0 Å². The van der Waals surface area contributed by atoms with Crippen molar-refractivity contribution in [2.45, 2.75) is 31.5 Å². The van der Waals surface area contributed by atoms with E-state index in [1.807, 2.05) is 26.4 Å². The van der Waals surface area contributed by atoms with Gasteiger partial charge in [0.15, 0.2) is 5.82 Å². The molecule has 0 radical (unpaired) electrons. The van der Waals surface area contributed by atoms with Crippen molar-refractivity contribution in [1.82, 2.24) is 34.2 Å². The van der Waals surface area contributed by atoms with Crippen molar-refractivity contribution in [3.05, 3.63) is 54.7 Å². The SMILES string of the molecule is CN(C)C/C=C/CN[C@H]1CN(C(=O)O)C[C@@H]1Nc1ccc2c(c1)nc(-c1cc3cccnc3n1CC1CC1)n2C. The zero-order chi connectivity index (χ0) is 27.8. The van der Waals surface area contributed by atoms with Crippen LogP contribution in [0, 0.1) is 5.92 Å². The Morgan fingerprint density at radius 2 is 1.98 bits per heavy atom. The molecular weight excluding hydrogens is 504 g/mol. The molecule has 3 aromatic heterocycles. The van der Waals surface area contributed by atoms with Crippen LogP contribution in [-0.2, 0) is 13.6 Å². The molecule has 3 N–H and O–H groups in total. The van der Waals surface area contributed by atoms with Crippen LogP contribution < -0.4 is 10.6 Å². The fraction of sp³-hybridized carbons (Fsp3) is 0.433. The third-order valence-corrected chi connectivity index (χ3v) is 7.98. The van der Waals surface area contributed by atoms with E-state index in [4.69, 9.17) is 4.98 Å². The fourth-order valence-electron chi connectivity index (χ4n) is 5.65. The van der Waals surface area contributed by atoms with E-state index in [0.29, 0.717) is 25.6 Å². The van der Waals surface area contributed by atoms with Crippen molar-refractivity contribution < 1.29 is 9.90 Å². The largest absolute Gasteiger partial charge is 0.465 e. The summed E-state index contributed by atoms with van der Waals surface area (Å²) in [6.45, 7) is 3.40. The lowest BCUT2D eigenvalue weighted by atomic mass is 10.1. The van der Waals surface area contributed by atoms with Crippen molar-refractivity contribution >= 4 is 33.8 Å². The number of hydrogen-bond acceptors (Lipinski definition) is 6. The van der Waals surface area contributed by atoms with E-state index in [-0.39, 0.29) is 12.1 Å². The molecule has 4 aromatic rings. The third kappa shape index (κ3) is 5.41. The minimum absolute atomic E-state index is 0.000673. The first-order valence-corrected chi connectivity index (χ1v) is 14.1. The lowest BCUT2D eigenvalue weighted by Crippen LogP contribution is -2.43. The summed E-state index contributed by atoms with van der Waals surface area (Å²) in [6, 6.07) is 12.5. The predicted molar refractivity (Wildman–Crippen MR) is 159 cm³/mol. The third-order valence-electron chi connectivity index (χ3n) is 7.98. The maximum Gasteiger partial charge on any atom is 0.407 e. The number of rotatable bonds is 10. The molecule has 2 aliphatic rings. The number of likely N-dealkylation sites (N-methyl/N-ethyl adjacent to an activating group) is 1. The zero-order valence-electron chi connectivity index (χ0n) is 23.4. The summed E-state index contributed by atoms with van der Waals surface area (Å²) >= 11 is 0. The Bertz CT molecular complexity index is 1550. The number of benzene rings is 1. The predicted octanol–water partition coefficient (Wildman–Crippen LogP) is 3.85. The normalized spacial score (nSPS) is 19.6. The minimum Gasteiger partial charge on any atom is -0.465 e. The minimum atomic E-state index is -0.889. The van der Waals surface area contributed by atoms with Crippen LogP contribution in [0.2, 0.25) is 0 Å². The monoisotopic (exact) mass is 542 g/mol. The van der Waals surface area contributed by atoms with Crippen LogP contribution in [0.3, 0.4) is 0 Å². The zero-order valence-corrected chi connectivity index (χ0v) is 23.4. The highest BCUT2D eigenvalue weighted by Crippen LogP contribution is 2.36. The molecule has 40 heavy (non-hydrogen) atoms. The number of anilines is 1. The summed E-state index contributed by atoms with van der Waals surface area (Å²) in [4.78, 5) is 25.1. The van der Waals surface area contributed by atoms with E-state index in [1.54, 1.807) is 0 Å². The molecule has 1 saturated heterocycles. The molecule has 0 unspecified atom stereocenters. The first-order chi connectivity index (χ1) is 19.4. The Hall–Kier alpha value is -3.89. The molecular formula is C30H38N8O2. The molecule has 1 aliphatic carbocycles. The van der Waals surface area contributed by atoms with Gasteiger partial charge in [-0.3, -0.25) is 0 Å². The first kappa shape index (κ1) is 26.3. The average Bonchev–Trinajstić information content (AvgIpc) is 3.42. The highest BCUT2D eigenvalue weighted by atomic mass is 16.4. The molecule has 210 valence electrons. The lowest BCUT2D eigenvalue weighted by Gasteiger charge is -2.21. The number of hydrogen-bond donors (Lipinski definition) is 3. The second-order valence-electron chi connectivity index (χ2n) is 11.4. The first-order valence-electron chi connectivity index (χ1n) is 14.1. The van der Waals surface area contributed by atoms with Crippen LogP contribution in [0.1, 0.15) is 12.8 Å². The number of imidazole rings is 1. The smallest absolute Gasteiger partial charge is 0.407 e. The maximum atomic E-state index is 11.7. The van der Waals surface area contributed by atoms with Crippen molar-refractivity contribution in [3.63, 3.8) is 0 Å². The van der Waals surface area contributed by atoms with E-state index in [9.17, 15) is 9.90 Å². The van der Waals surface area contributed by atoms with Crippen LogP contribution in [0.5, 0.6) is 0 Å². The molecule has 1 aromatic carbocycles. The van der Waals surface area contributed by atoms with Crippen LogP contribution in [0.15, 0.2) is 54.7 Å². The summed E-state index contributed by atoms with van der Waals surface area (Å²) < 4.78 is 4.48. The number of carboxylic acid groups (broad SMARTS) is 1. The van der Waals surface area contributed by atoms with Gasteiger partial charge in [-0.2, -0.15) is 0 Å². The summed E-state index contributed by atoms with van der Waals surface area (Å²) in [5, 5.41) is 17.9. The number of nitrogens with one attached hydrogen (secondary N) is 2. The number of nitrogens with zero attached hydrogens (tertiary/aromatic N) is 6. The van der Waals surface area contributed by atoms with Crippen LogP contribution in [-0.4, -0.2) is 92.5 Å². The molecule has 4 heterocycles. The number of aryl methyl sites for hydroxylation is 1. The Labute approximate surface area is 234 Å². The second-order valence-corrected chi connectivity index (χ2v) is 11.4. The Kier molecular flexibility index (Phi) is 7.20. The summed E-state index contributed by atoms with van der Waals surface area (Å²) in [7, 11) is 6.13. The van der Waals surface area contributed by atoms with Gasteiger partial charge in [0.1, 0.15) is 5.65 Å². The Morgan fingerprint density at radius 1 is 1.15 bits per heavy atom. The number of fused-ring (bicyclic) bond motifs is 2. The number of likely N-dealkylation sites (tertiary alicyclic amines) is 1. The quantitative estimate of drug-likeness (QED) is 0.262. The molecule has 0 bridgehead atoms. The van der Waals surface area contributed by atoms with Crippen molar-refractivity contribution in [2.24, 2.45) is 13.0 Å². The van der Waals surface area contributed by atoms with E-state index in [1.165, 1.54) is 17.7 Å². The van der Waals surface area contributed by atoms with Crippen LogP contribution >= 0.6 is 0 Å². The molecule has 1 aliphatic heterocycles. The Morgan fingerprint density at radius 3 is 2.75 bits per heavy atom. The number of pyridine rings is 1. The molecule has 2 fully saturated rings. The van der Waals surface area contributed by atoms with E-state index < -0.39 is 6.09 Å². The van der Waals surface area contributed by atoms with Gasteiger partial charge in [0, 0.05) is 63.1 Å². The van der Waals surface area contributed by atoms with Crippen molar-refractivity contribution in [3.8, 4) is 11.5 Å². The van der Waals surface area contributed by atoms with Crippen molar-refractivity contribution in [2.75, 3.05) is 45.6 Å². The number of carbonyl (C=O) groups is 1. The maximum absolute atomic E-state index is 11.7. The highest BCUT2D eigenvalue weighted by molar-refractivity contribution is 5.87. The molecule has 2 atom stereocenters. The van der Waals surface area contributed by atoms with Gasteiger partial charge in [0.25, 0.3) is 0 Å². The summed E-state index contributed by atoms with van der Waals surface area (Å²) in [5.74, 6) is 1.64. The number of aromatic nitrogens is 4. The van der Waals surface area contributed by atoms with Gasteiger partial charge in [0.2, 0.25) is 0 Å².